The van der Waals surface area contributed by atoms with Crippen LogP contribution in [0.2, 0.25) is 5.02 Å². The molecule has 0 unspecified atom stereocenters. The number of carboxylic acid groups (broad SMARTS) is 1. The van der Waals surface area contributed by atoms with Gasteiger partial charge in [-0.1, -0.05) is 24.4 Å². The summed E-state index contributed by atoms with van der Waals surface area (Å²) >= 11 is 6.10. The number of hydrogen-bond donors (Lipinski definition) is 3. The Morgan fingerprint density at radius 3 is 2.52 bits per heavy atom. The lowest BCUT2D eigenvalue weighted by Gasteiger charge is -2.25. The first-order chi connectivity index (χ1) is 9.85. The molecule has 1 fully saturated rings. The molecule has 0 bridgehead atoms. The van der Waals surface area contributed by atoms with Gasteiger partial charge in [-0.05, 0) is 19.8 Å². The van der Waals surface area contributed by atoms with Crippen LogP contribution < -0.4 is 10.6 Å². The minimum atomic E-state index is -1.14. The van der Waals surface area contributed by atoms with Crippen LogP contribution in [0, 0.1) is 6.92 Å². The Morgan fingerprint density at radius 2 is 2.05 bits per heavy atom. The summed E-state index contributed by atoms with van der Waals surface area (Å²) in [5, 5.41) is 19.2. The van der Waals surface area contributed by atoms with E-state index >= 15 is 0 Å². The maximum absolute atomic E-state index is 12.0. The number of carbonyl (C=O) groups is 2. The van der Waals surface area contributed by atoms with E-state index in [9.17, 15) is 14.7 Å². The molecule has 1 aromatic heterocycles. The number of nitrogens with one attached hydrogen (secondary N) is 2. The van der Waals surface area contributed by atoms with Crippen molar-refractivity contribution in [2.45, 2.75) is 44.7 Å². The summed E-state index contributed by atoms with van der Waals surface area (Å²) in [7, 11) is 1.74. The number of aromatic nitrogens is 2. The molecule has 21 heavy (non-hydrogen) atoms. The number of halogens is 1. The maximum atomic E-state index is 12.0. The lowest BCUT2D eigenvalue weighted by molar-refractivity contribution is -0.144. The van der Waals surface area contributed by atoms with E-state index in [0.29, 0.717) is 29.3 Å². The minimum absolute atomic E-state index is 0.192. The molecule has 1 saturated carbocycles. The topological polar surface area (TPSA) is 96.3 Å². The number of urea groups is 1. The average Bonchev–Trinajstić information content (AvgIpc) is 2.96. The normalized spacial score (nSPS) is 16.7. The fraction of sp³-hybridized carbons (Fsp3) is 0.615. The second-order valence-corrected chi connectivity index (χ2v) is 5.75. The van der Waals surface area contributed by atoms with Gasteiger partial charge >= 0.3 is 12.0 Å². The van der Waals surface area contributed by atoms with E-state index in [1.807, 2.05) is 0 Å². The van der Waals surface area contributed by atoms with E-state index in [0.717, 1.165) is 12.8 Å². The summed E-state index contributed by atoms with van der Waals surface area (Å²) in [5.41, 5.74) is 0.227. The van der Waals surface area contributed by atoms with Crippen molar-refractivity contribution in [2.75, 3.05) is 0 Å². The lowest BCUT2D eigenvalue weighted by atomic mass is 9.98. The molecule has 0 radical (unpaired) electrons. The zero-order valence-electron chi connectivity index (χ0n) is 12.1. The number of hydrogen-bond acceptors (Lipinski definition) is 3. The summed E-state index contributed by atoms with van der Waals surface area (Å²) in [4.78, 5) is 23.3. The van der Waals surface area contributed by atoms with E-state index in [1.165, 1.54) is 0 Å². The molecule has 1 heterocycles. The third-order valence-electron chi connectivity index (χ3n) is 3.90. The fourth-order valence-corrected chi connectivity index (χ4v) is 2.90. The fourth-order valence-electron chi connectivity index (χ4n) is 2.67. The SMILES string of the molecule is Cc1nn(C)c(CNC(=O)NC2(C(=O)O)CCCC2)c1Cl. The Balaban J connectivity index is 1.97. The van der Waals surface area contributed by atoms with Gasteiger partial charge in [0.25, 0.3) is 0 Å². The van der Waals surface area contributed by atoms with Crippen LogP contribution in [0.5, 0.6) is 0 Å². The molecule has 0 aliphatic heterocycles. The van der Waals surface area contributed by atoms with Crippen molar-refractivity contribution in [3.63, 3.8) is 0 Å². The highest BCUT2D eigenvalue weighted by Crippen LogP contribution is 2.29. The van der Waals surface area contributed by atoms with E-state index in [4.69, 9.17) is 11.6 Å². The van der Waals surface area contributed by atoms with Crippen LogP contribution in [0.25, 0.3) is 0 Å². The highest BCUT2D eigenvalue weighted by atomic mass is 35.5. The van der Waals surface area contributed by atoms with Gasteiger partial charge in [0.05, 0.1) is 23.0 Å². The monoisotopic (exact) mass is 314 g/mol. The molecule has 1 aliphatic rings. The third kappa shape index (κ3) is 3.12. The van der Waals surface area contributed by atoms with Crippen LogP contribution in [-0.4, -0.2) is 32.4 Å². The Kier molecular flexibility index (Phi) is 4.41. The predicted molar refractivity (Wildman–Crippen MR) is 77.2 cm³/mol. The highest BCUT2D eigenvalue weighted by molar-refractivity contribution is 6.31. The number of carboxylic acids is 1. The van der Waals surface area contributed by atoms with Gasteiger partial charge in [-0.3, -0.25) is 4.68 Å². The zero-order valence-corrected chi connectivity index (χ0v) is 12.8. The van der Waals surface area contributed by atoms with Gasteiger partial charge in [-0.2, -0.15) is 5.10 Å². The average molecular weight is 315 g/mol. The molecular formula is C13H19ClN4O3. The van der Waals surface area contributed by atoms with Crippen molar-refractivity contribution in [1.29, 1.82) is 0 Å². The second-order valence-electron chi connectivity index (χ2n) is 5.37. The summed E-state index contributed by atoms with van der Waals surface area (Å²) in [6, 6.07) is -0.505. The van der Waals surface area contributed by atoms with Crippen molar-refractivity contribution in [3.8, 4) is 0 Å². The molecule has 3 N–H and O–H groups in total. The molecule has 0 spiro atoms. The van der Waals surface area contributed by atoms with E-state index in [-0.39, 0.29) is 6.54 Å². The van der Waals surface area contributed by atoms with Crippen LogP contribution in [0.15, 0.2) is 0 Å². The first-order valence-electron chi connectivity index (χ1n) is 6.83. The minimum Gasteiger partial charge on any atom is -0.480 e. The van der Waals surface area contributed by atoms with Gasteiger partial charge in [-0.15, -0.1) is 0 Å². The van der Waals surface area contributed by atoms with E-state index in [2.05, 4.69) is 15.7 Å². The largest absolute Gasteiger partial charge is 0.480 e. The number of aliphatic carboxylic acids is 1. The third-order valence-corrected chi connectivity index (χ3v) is 4.39. The van der Waals surface area contributed by atoms with Crippen molar-refractivity contribution >= 4 is 23.6 Å². The Bertz CT molecular complexity index is 564. The Hall–Kier alpha value is -1.76. The first kappa shape index (κ1) is 15.6. The van der Waals surface area contributed by atoms with E-state index < -0.39 is 17.5 Å². The van der Waals surface area contributed by atoms with Gasteiger partial charge < -0.3 is 15.7 Å². The molecule has 0 saturated heterocycles. The van der Waals surface area contributed by atoms with Crippen LogP contribution in [-0.2, 0) is 18.4 Å². The standard InChI is InChI=1S/C13H19ClN4O3/c1-8-10(14)9(18(2)17-8)7-15-12(21)16-13(11(19)20)5-3-4-6-13/h3-7H2,1-2H3,(H,19,20)(H2,15,16,21). The quantitative estimate of drug-likeness (QED) is 0.786. The summed E-state index contributed by atoms with van der Waals surface area (Å²) in [6.07, 6.45) is 2.53. The number of rotatable bonds is 4. The number of carbonyl (C=O) groups excluding carboxylic acids is 1. The van der Waals surface area contributed by atoms with Gasteiger partial charge in [0, 0.05) is 7.05 Å². The molecule has 1 aromatic rings. The summed E-state index contributed by atoms with van der Waals surface area (Å²) < 4.78 is 1.60. The summed E-state index contributed by atoms with van der Waals surface area (Å²) in [6.45, 7) is 1.97. The van der Waals surface area contributed by atoms with Crippen LogP contribution in [0.3, 0.4) is 0 Å². The smallest absolute Gasteiger partial charge is 0.329 e. The molecule has 7 nitrogen and oxygen atoms in total. The van der Waals surface area contributed by atoms with Crippen LogP contribution >= 0.6 is 11.6 Å². The Labute approximate surface area is 127 Å². The highest BCUT2D eigenvalue weighted by Gasteiger charge is 2.42. The number of amides is 2. The van der Waals surface area contributed by atoms with Crippen LogP contribution in [0.4, 0.5) is 4.79 Å². The molecule has 116 valence electrons. The van der Waals surface area contributed by atoms with Crippen molar-refractivity contribution in [3.05, 3.63) is 16.4 Å². The molecule has 1 aliphatic carbocycles. The number of aryl methyl sites for hydroxylation is 2. The number of nitrogens with zero attached hydrogens (tertiary/aromatic N) is 2. The Morgan fingerprint density at radius 1 is 1.43 bits per heavy atom. The molecule has 2 rings (SSSR count). The van der Waals surface area contributed by atoms with Gasteiger partial charge in [-0.25, -0.2) is 9.59 Å². The van der Waals surface area contributed by atoms with Crippen molar-refractivity contribution in [1.82, 2.24) is 20.4 Å². The van der Waals surface area contributed by atoms with Crippen LogP contribution in [0.1, 0.15) is 37.1 Å². The molecule has 2 amide bonds. The molecular weight excluding hydrogens is 296 g/mol. The molecule has 8 heteroatoms. The van der Waals surface area contributed by atoms with Gasteiger partial charge in [0.15, 0.2) is 0 Å². The van der Waals surface area contributed by atoms with Crippen molar-refractivity contribution < 1.29 is 14.7 Å². The van der Waals surface area contributed by atoms with Gasteiger partial charge in [0.2, 0.25) is 0 Å². The first-order valence-corrected chi connectivity index (χ1v) is 7.21. The van der Waals surface area contributed by atoms with Crippen molar-refractivity contribution in [2.24, 2.45) is 7.05 Å². The maximum Gasteiger partial charge on any atom is 0.329 e. The second kappa shape index (κ2) is 5.93. The molecule has 0 aromatic carbocycles. The van der Waals surface area contributed by atoms with E-state index in [1.54, 1.807) is 18.7 Å². The molecule has 0 atom stereocenters. The van der Waals surface area contributed by atoms with Gasteiger partial charge in [0.1, 0.15) is 5.54 Å². The predicted octanol–water partition coefficient (Wildman–Crippen LogP) is 1.58. The lowest BCUT2D eigenvalue weighted by Crippen LogP contribution is -2.55. The summed E-state index contributed by atoms with van der Waals surface area (Å²) in [5.74, 6) is -0.982. The zero-order chi connectivity index (χ0) is 15.6.